The molecule has 1 saturated heterocycles. The Bertz CT molecular complexity index is 715. The first-order valence-corrected chi connectivity index (χ1v) is 9.10. The van der Waals surface area contributed by atoms with Crippen molar-refractivity contribution in [3.8, 4) is 0 Å². The Morgan fingerprint density at radius 1 is 1.12 bits per heavy atom. The van der Waals surface area contributed by atoms with Gasteiger partial charge in [-0.2, -0.15) is 0 Å². The summed E-state index contributed by atoms with van der Waals surface area (Å²) in [6.07, 6.45) is 0.571. The van der Waals surface area contributed by atoms with Gasteiger partial charge in [-0.1, -0.05) is 48.5 Å². The second-order valence-corrected chi connectivity index (χ2v) is 6.82. The molecule has 5 heteroatoms. The molecule has 3 rings (SSSR count). The topological polar surface area (TPSA) is 52.6 Å². The van der Waals surface area contributed by atoms with Gasteiger partial charge in [0.05, 0.1) is 6.10 Å². The van der Waals surface area contributed by atoms with Crippen LogP contribution < -0.4 is 5.32 Å². The molecule has 1 fully saturated rings. The minimum atomic E-state index is -1.03. The van der Waals surface area contributed by atoms with E-state index in [2.05, 4.69) is 22.3 Å². The standard InChI is InChI=1S/C21H25FN2O2/c22-19-9-5-4-8-18(19)20(25)14-23-21(26)17-10-12-24(13-11-17)15-16-6-2-1-3-7-16/h1-9,17,20,25H,10-15H2,(H,23,26). The Kier molecular flexibility index (Phi) is 6.36. The number of hydrogen-bond acceptors (Lipinski definition) is 3. The minimum absolute atomic E-state index is 0.0317. The molecule has 2 aromatic rings. The van der Waals surface area contributed by atoms with E-state index in [4.69, 9.17) is 0 Å². The number of benzene rings is 2. The van der Waals surface area contributed by atoms with E-state index < -0.39 is 11.9 Å². The first-order chi connectivity index (χ1) is 12.6. The maximum Gasteiger partial charge on any atom is 0.223 e. The molecule has 4 nitrogen and oxygen atoms in total. The van der Waals surface area contributed by atoms with Crippen molar-refractivity contribution in [1.82, 2.24) is 10.2 Å². The average molecular weight is 356 g/mol. The van der Waals surface area contributed by atoms with Crippen LogP contribution in [-0.2, 0) is 11.3 Å². The van der Waals surface area contributed by atoms with E-state index in [9.17, 15) is 14.3 Å². The molecule has 0 bridgehead atoms. The predicted molar refractivity (Wildman–Crippen MR) is 98.8 cm³/mol. The lowest BCUT2D eigenvalue weighted by molar-refractivity contribution is -0.127. The van der Waals surface area contributed by atoms with Crippen LogP contribution in [0.4, 0.5) is 4.39 Å². The molecule has 0 spiro atoms. The van der Waals surface area contributed by atoms with Crippen molar-refractivity contribution in [3.05, 3.63) is 71.5 Å². The zero-order valence-corrected chi connectivity index (χ0v) is 14.8. The van der Waals surface area contributed by atoms with Gasteiger partial charge in [0.15, 0.2) is 0 Å². The summed E-state index contributed by atoms with van der Waals surface area (Å²) in [6, 6.07) is 16.4. The number of carbonyl (C=O) groups is 1. The minimum Gasteiger partial charge on any atom is -0.386 e. The van der Waals surface area contributed by atoms with Crippen molar-refractivity contribution < 1.29 is 14.3 Å². The van der Waals surface area contributed by atoms with Crippen LogP contribution in [0.2, 0.25) is 0 Å². The first-order valence-electron chi connectivity index (χ1n) is 9.10. The molecule has 2 aromatic carbocycles. The number of hydrogen-bond donors (Lipinski definition) is 2. The highest BCUT2D eigenvalue weighted by Gasteiger charge is 2.25. The number of amides is 1. The predicted octanol–water partition coefficient (Wildman–Crippen LogP) is 2.89. The molecule has 1 unspecified atom stereocenters. The third-order valence-corrected chi connectivity index (χ3v) is 4.94. The SMILES string of the molecule is O=C(NCC(O)c1ccccc1F)C1CCN(Cc2ccccc2)CC1. The molecule has 0 radical (unpaired) electrons. The van der Waals surface area contributed by atoms with E-state index in [1.807, 2.05) is 18.2 Å². The highest BCUT2D eigenvalue weighted by atomic mass is 19.1. The first kappa shape index (κ1) is 18.5. The summed E-state index contributed by atoms with van der Waals surface area (Å²) in [6.45, 7) is 2.69. The number of rotatable bonds is 6. The van der Waals surface area contributed by atoms with Gasteiger partial charge in [-0.3, -0.25) is 9.69 Å². The second kappa shape index (κ2) is 8.92. The molecule has 26 heavy (non-hydrogen) atoms. The molecule has 1 aliphatic heterocycles. The van der Waals surface area contributed by atoms with Gasteiger partial charge in [0.25, 0.3) is 0 Å². The van der Waals surface area contributed by atoms with Gasteiger partial charge in [0.2, 0.25) is 5.91 Å². The van der Waals surface area contributed by atoms with E-state index in [1.54, 1.807) is 12.1 Å². The zero-order chi connectivity index (χ0) is 18.4. The van der Waals surface area contributed by atoms with Crippen LogP contribution in [0.25, 0.3) is 0 Å². The number of nitrogens with one attached hydrogen (secondary N) is 1. The van der Waals surface area contributed by atoms with Gasteiger partial charge < -0.3 is 10.4 Å². The van der Waals surface area contributed by atoms with Crippen molar-refractivity contribution in [3.63, 3.8) is 0 Å². The number of carbonyl (C=O) groups excluding carboxylic acids is 1. The number of nitrogens with zero attached hydrogens (tertiary/aromatic N) is 1. The van der Waals surface area contributed by atoms with Crippen molar-refractivity contribution in [1.29, 1.82) is 0 Å². The lowest BCUT2D eigenvalue weighted by Gasteiger charge is -2.31. The number of aliphatic hydroxyl groups excluding tert-OH is 1. The number of halogens is 1. The number of aliphatic hydroxyl groups is 1. The molecule has 1 heterocycles. The summed E-state index contributed by atoms with van der Waals surface area (Å²) < 4.78 is 13.7. The summed E-state index contributed by atoms with van der Waals surface area (Å²) in [4.78, 5) is 14.7. The maximum atomic E-state index is 13.7. The smallest absolute Gasteiger partial charge is 0.223 e. The maximum absolute atomic E-state index is 13.7. The average Bonchev–Trinajstić information content (AvgIpc) is 2.67. The Balaban J connectivity index is 1.43. The van der Waals surface area contributed by atoms with Gasteiger partial charge >= 0.3 is 0 Å². The Morgan fingerprint density at radius 2 is 1.77 bits per heavy atom. The van der Waals surface area contributed by atoms with Crippen molar-refractivity contribution in [2.75, 3.05) is 19.6 Å². The molecular formula is C21H25FN2O2. The summed E-state index contributed by atoms with van der Waals surface area (Å²) in [5, 5.41) is 12.9. The largest absolute Gasteiger partial charge is 0.386 e. The van der Waals surface area contributed by atoms with Crippen LogP contribution in [0.15, 0.2) is 54.6 Å². The van der Waals surface area contributed by atoms with Gasteiger partial charge in [-0.25, -0.2) is 4.39 Å². The molecular weight excluding hydrogens is 331 g/mol. The fraction of sp³-hybridized carbons (Fsp3) is 0.381. The summed E-state index contributed by atoms with van der Waals surface area (Å²) in [7, 11) is 0. The van der Waals surface area contributed by atoms with Crippen LogP contribution >= 0.6 is 0 Å². The molecule has 1 atom stereocenters. The van der Waals surface area contributed by atoms with Crippen LogP contribution in [0.3, 0.4) is 0 Å². The third-order valence-electron chi connectivity index (χ3n) is 4.94. The highest BCUT2D eigenvalue weighted by Crippen LogP contribution is 2.20. The van der Waals surface area contributed by atoms with Crippen LogP contribution in [0, 0.1) is 11.7 Å². The van der Waals surface area contributed by atoms with Crippen molar-refractivity contribution in [2.45, 2.75) is 25.5 Å². The van der Waals surface area contributed by atoms with E-state index in [-0.39, 0.29) is 23.9 Å². The Hall–Kier alpha value is -2.24. The van der Waals surface area contributed by atoms with E-state index in [1.165, 1.54) is 17.7 Å². The highest BCUT2D eigenvalue weighted by molar-refractivity contribution is 5.78. The molecule has 1 aliphatic rings. The molecule has 0 aromatic heterocycles. The van der Waals surface area contributed by atoms with E-state index in [0.717, 1.165) is 32.5 Å². The van der Waals surface area contributed by atoms with Crippen LogP contribution in [-0.4, -0.2) is 35.5 Å². The molecule has 0 saturated carbocycles. The molecule has 138 valence electrons. The van der Waals surface area contributed by atoms with Crippen LogP contribution in [0.1, 0.15) is 30.1 Å². The Morgan fingerprint density at radius 3 is 2.46 bits per heavy atom. The number of piperidine rings is 1. The van der Waals surface area contributed by atoms with E-state index >= 15 is 0 Å². The van der Waals surface area contributed by atoms with Gasteiger partial charge in [-0.15, -0.1) is 0 Å². The quantitative estimate of drug-likeness (QED) is 0.837. The van der Waals surface area contributed by atoms with Gasteiger partial charge in [-0.05, 0) is 37.6 Å². The third kappa shape index (κ3) is 4.90. The lowest BCUT2D eigenvalue weighted by Crippen LogP contribution is -2.41. The number of likely N-dealkylation sites (tertiary alicyclic amines) is 1. The monoisotopic (exact) mass is 356 g/mol. The fourth-order valence-electron chi connectivity index (χ4n) is 3.39. The van der Waals surface area contributed by atoms with Crippen molar-refractivity contribution >= 4 is 5.91 Å². The van der Waals surface area contributed by atoms with Crippen molar-refractivity contribution in [2.24, 2.45) is 5.92 Å². The zero-order valence-electron chi connectivity index (χ0n) is 14.8. The normalized spacial score (nSPS) is 17.0. The molecule has 2 N–H and O–H groups in total. The fourth-order valence-corrected chi connectivity index (χ4v) is 3.39. The summed E-state index contributed by atoms with van der Waals surface area (Å²) in [5.41, 5.74) is 1.49. The van der Waals surface area contributed by atoms with Gasteiger partial charge in [0, 0.05) is 24.6 Å². The summed E-state index contributed by atoms with van der Waals surface area (Å²) in [5.74, 6) is -0.557. The van der Waals surface area contributed by atoms with Crippen LogP contribution in [0.5, 0.6) is 0 Å². The second-order valence-electron chi connectivity index (χ2n) is 6.82. The van der Waals surface area contributed by atoms with Gasteiger partial charge in [0.1, 0.15) is 5.82 Å². The molecule has 1 amide bonds. The lowest BCUT2D eigenvalue weighted by atomic mass is 9.95. The van der Waals surface area contributed by atoms with E-state index in [0.29, 0.717) is 0 Å². The molecule has 0 aliphatic carbocycles. The summed E-state index contributed by atoms with van der Waals surface area (Å²) >= 11 is 0. The Labute approximate surface area is 153 Å².